The topological polar surface area (TPSA) is 71.9 Å². The van der Waals surface area contributed by atoms with Crippen LogP contribution < -0.4 is 0 Å². The van der Waals surface area contributed by atoms with E-state index in [0.29, 0.717) is 18.2 Å². The van der Waals surface area contributed by atoms with Crippen molar-refractivity contribution in [3.63, 3.8) is 0 Å². The number of amides is 1. The summed E-state index contributed by atoms with van der Waals surface area (Å²) in [6, 6.07) is 1.77. The molecule has 1 unspecified atom stereocenters. The molecular formula is C17H17N5OS2. The van der Waals surface area contributed by atoms with Gasteiger partial charge in [-0.3, -0.25) is 4.79 Å². The average Bonchev–Trinajstić information content (AvgIpc) is 3.35. The Morgan fingerprint density at radius 2 is 2.08 bits per heavy atom. The number of likely N-dealkylation sites (tertiary alicyclic amines) is 1. The first-order chi connectivity index (χ1) is 12.2. The fourth-order valence-electron chi connectivity index (χ4n) is 2.92. The normalized spacial score (nSPS) is 17.2. The molecule has 6 nitrogen and oxygen atoms in total. The summed E-state index contributed by atoms with van der Waals surface area (Å²) < 4.78 is 0. The van der Waals surface area contributed by atoms with Crippen LogP contribution in [-0.2, 0) is 11.2 Å². The summed E-state index contributed by atoms with van der Waals surface area (Å²) in [5.74, 6) is 1.10. The molecule has 8 heteroatoms. The molecule has 4 rings (SSSR count). The summed E-state index contributed by atoms with van der Waals surface area (Å²) in [5.41, 5.74) is 1.84. The van der Waals surface area contributed by atoms with Crippen LogP contribution in [0.1, 0.15) is 28.7 Å². The molecule has 0 radical (unpaired) electrons. The van der Waals surface area contributed by atoms with Crippen LogP contribution in [0.4, 0.5) is 0 Å². The van der Waals surface area contributed by atoms with E-state index in [2.05, 4.69) is 25.3 Å². The van der Waals surface area contributed by atoms with Crippen LogP contribution in [0.2, 0.25) is 0 Å². The van der Waals surface area contributed by atoms with E-state index in [0.717, 1.165) is 40.9 Å². The smallest absolute Gasteiger partial charge is 0.228 e. The second-order valence-corrected chi connectivity index (χ2v) is 7.79. The van der Waals surface area contributed by atoms with Gasteiger partial charge in [0.25, 0.3) is 0 Å². The molecule has 4 heterocycles. The van der Waals surface area contributed by atoms with Crippen LogP contribution in [0.3, 0.4) is 0 Å². The van der Waals surface area contributed by atoms with Crippen molar-refractivity contribution in [2.75, 3.05) is 13.1 Å². The van der Waals surface area contributed by atoms with E-state index in [9.17, 15) is 4.79 Å². The molecule has 0 aromatic carbocycles. The second kappa shape index (κ2) is 6.97. The van der Waals surface area contributed by atoms with Crippen molar-refractivity contribution in [2.45, 2.75) is 25.7 Å². The quantitative estimate of drug-likeness (QED) is 0.705. The van der Waals surface area contributed by atoms with E-state index < -0.39 is 0 Å². The number of carbonyl (C=O) groups is 1. The predicted octanol–water partition coefficient (Wildman–Crippen LogP) is 2.92. The predicted molar refractivity (Wildman–Crippen MR) is 97.6 cm³/mol. The highest BCUT2D eigenvalue weighted by atomic mass is 32.1. The zero-order chi connectivity index (χ0) is 17.2. The molecule has 1 saturated heterocycles. The molecule has 1 aliphatic heterocycles. The van der Waals surface area contributed by atoms with Gasteiger partial charge in [-0.25, -0.2) is 19.9 Å². The number of hydrogen-bond donors (Lipinski definition) is 0. The number of carbonyl (C=O) groups excluding carboxylic acids is 1. The Morgan fingerprint density at radius 3 is 2.84 bits per heavy atom. The second-order valence-electron chi connectivity index (χ2n) is 6.05. The molecular weight excluding hydrogens is 354 g/mol. The number of hydrogen-bond acceptors (Lipinski definition) is 7. The van der Waals surface area contributed by atoms with Gasteiger partial charge in [0.15, 0.2) is 10.8 Å². The largest absolute Gasteiger partial charge is 0.342 e. The van der Waals surface area contributed by atoms with E-state index in [-0.39, 0.29) is 5.91 Å². The fraction of sp³-hybridized carbons (Fsp3) is 0.353. The van der Waals surface area contributed by atoms with Gasteiger partial charge in [-0.2, -0.15) is 0 Å². The fourth-order valence-corrected chi connectivity index (χ4v) is 4.61. The molecule has 0 N–H and O–H groups in total. The first-order valence-electron chi connectivity index (χ1n) is 8.10. The van der Waals surface area contributed by atoms with Gasteiger partial charge >= 0.3 is 0 Å². The Hall–Kier alpha value is -2.19. The Kier molecular flexibility index (Phi) is 4.54. The van der Waals surface area contributed by atoms with Crippen LogP contribution in [0.5, 0.6) is 0 Å². The van der Waals surface area contributed by atoms with E-state index in [1.54, 1.807) is 29.8 Å². The molecule has 1 atom stereocenters. The monoisotopic (exact) mass is 371 g/mol. The third-order valence-electron chi connectivity index (χ3n) is 4.17. The maximum atomic E-state index is 12.6. The third-order valence-corrected chi connectivity index (χ3v) is 6.18. The third kappa shape index (κ3) is 3.59. The Morgan fingerprint density at radius 1 is 1.24 bits per heavy atom. The Balaban J connectivity index is 1.39. The molecule has 0 spiro atoms. The molecule has 25 heavy (non-hydrogen) atoms. The zero-order valence-corrected chi connectivity index (χ0v) is 15.4. The number of aryl methyl sites for hydroxylation is 1. The number of nitrogens with zero attached hydrogens (tertiary/aromatic N) is 5. The van der Waals surface area contributed by atoms with Gasteiger partial charge in [0.1, 0.15) is 0 Å². The van der Waals surface area contributed by atoms with Crippen molar-refractivity contribution < 1.29 is 4.79 Å². The van der Waals surface area contributed by atoms with Crippen LogP contribution in [-0.4, -0.2) is 43.8 Å². The van der Waals surface area contributed by atoms with Gasteiger partial charge in [-0.05, 0) is 19.4 Å². The molecule has 3 aromatic heterocycles. The summed E-state index contributed by atoms with van der Waals surface area (Å²) in [4.78, 5) is 32.0. The first-order valence-corrected chi connectivity index (χ1v) is 9.86. The van der Waals surface area contributed by atoms with E-state index >= 15 is 0 Å². The minimum atomic E-state index is 0.126. The van der Waals surface area contributed by atoms with Gasteiger partial charge in [0.05, 0.1) is 17.1 Å². The van der Waals surface area contributed by atoms with Crippen LogP contribution in [0.25, 0.3) is 10.8 Å². The van der Waals surface area contributed by atoms with Gasteiger partial charge < -0.3 is 4.90 Å². The number of aromatic nitrogens is 4. The maximum absolute atomic E-state index is 12.6. The number of rotatable bonds is 4. The van der Waals surface area contributed by atoms with Crippen molar-refractivity contribution in [2.24, 2.45) is 0 Å². The molecule has 0 bridgehead atoms. The summed E-state index contributed by atoms with van der Waals surface area (Å²) >= 11 is 3.16. The zero-order valence-electron chi connectivity index (χ0n) is 13.8. The van der Waals surface area contributed by atoms with Gasteiger partial charge in [-0.1, -0.05) is 0 Å². The minimum Gasteiger partial charge on any atom is -0.342 e. The van der Waals surface area contributed by atoms with Gasteiger partial charge in [-0.15, -0.1) is 22.7 Å². The lowest BCUT2D eigenvalue weighted by molar-refractivity contribution is -0.129. The van der Waals surface area contributed by atoms with E-state index in [1.807, 2.05) is 17.2 Å². The van der Waals surface area contributed by atoms with Crippen molar-refractivity contribution in [1.29, 1.82) is 0 Å². The van der Waals surface area contributed by atoms with Crippen molar-refractivity contribution >= 4 is 28.6 Å². The molecule has 1 amide bonds. The first kappa shape index (κ1) is 16.3. The molecule has 128 valence electrons. The average molecular weight is 371 g/mol. The summed E-state index contributed by atoms with van der Waals surface area (Å²) in [6.07, 6.45) is 4.70. The van der Waals surface area contributed by atoms with Crippen molar-refractivity contribution in [3.8, 4) is 10.8 Å². The van der Waals surface area contributed by atoms with E-state index in [1.165, 1.54) is 11.3 Å². The van der Waals surface area contributed by atoms with E-state index in [4.69, 9.17) is 0 Å². The van der Waals surface area contributed by atoms with Gasteiger partial charge in [0.2, 0.25) is 5.91 Å². The standard InChI is InChI=1S/C17H17N5OS2/c1-11-9-24-16(20-11)12-3-6-22(8-12)14(23)7-13-10-25-17(21-13)15-18-4-2-5-19-15/h2,4-5,9-10,12H,3,6-8H2,1H3. The molecule has 3 aromatic rings. The molecule has 1 fully saturated rings. The van der Waals surface area contributed by atoms with Crippen molar-refractivity contribution in [3.05, 3.63) is 45.6 Å². The highest BCUT2D eigenvalue weighted by Crippen LogP contribution is 2.30. The van der Waals surface area contributed by atoms with Crippen molar-refractivity contribution in [1.82, 2.24) is 24.8 Å². The Bertz CT molecular complexity index is 876. The minimum absolute atomic E-state index is 0.126. The highest BCUT2D eigenvalue weighted by Gasteiger charge is 2.29. The number of thiazole rings is 2. The van der Waals surface area contributed by atoms with Crippen LogP contribution in [0, 0.1) is 6.92 Å². The molecule has 0 aliphatic carbocycles. The summed E-state index contributed by atoms with van der Waals surface area (Å²) in [5, 5.41) is 5.88. The highest BCUT2D eigenvalue weighted by molar-refractivity contribution is 7.13. The lowest BCUT2D eigenvalue weighted by atomic mass is 10.1. The Labute approximate surface area is 153 Å². The van der Waals surface area contributed by atoms with Crippen LogP contribution >= 0.6 is 22.7 Å². The van der Waals surface area contributed by atoms with Crippen LogP contribution in [0.15, 0.2) is 29.2 Å². The molecule has 1 aliphatic rings. The molecule has 0 saturated carbocycles. The maximum Gasteiger partial charge on any atom is 0.228 e. The summed E-state index contributed by atoms with van der Waals surface area (Å²) in [6.45, 7) is 3.56. The lowest BCUT2D eigenvalue weighted by Crippen LogP contribution is -2.30. The lowest BCUT2D eigenvalue weighted by Gasteiger charge is -2.15. The van der Waals surface area contributed by atoms with Gasteiger partial charge in [0, 0.05) is 47.9 Å². The SMILES string of the molecule is Cc1csc(C2CCN(C(=O)Cc3csc(-c4ncccn4)n3)C2)n1. The summed E-state index contributed by atoms with van der Waals surface area (Å²) in [7, 11) is 0.